The topological polar surface area (TPSA) is 0 Å². The summed E-state index contributed by atoms with van der Waals surface area (Å²) in [4.78, 5) is 1.06. The molecule has 1 atom stereocenters. The highest BCUT2D eigenvalue weighted by Gasteiger charge is 2.05. The normalized spacial score (nSPS) is 12.9. The van der Waals surface area contributed by atoms with Crippen molar-refractivity contribution in [3.05, 3.63) is 28.2 Å². The predicted octanol–water partition coefficient (Wildman–Crippen LogP) is 5.12. The number of hydrogen-bond acceptors (Lipinski definition) is 1. The van der Waals surface area contributed by atoms with Crippen molar-refractivity contribution in [1.29, 1.82) is 0 Å². The van der Waals surface area contributed by atoms with E-state index in [0.717, 1.165) is 26.0 Å². The van der Waals surface area contributed by atoms with Crippen LogP contribution in [0.25, 0.3) is 0 Å². The first-order chi connectivity index (χ1) is 6.63. The van der Waals surface area contributed by atoms with Crippen LogP contribution in [0.2, 0.25) is 10.0 Å². The molecule has 0 aliphatic carbocycles. The smallest absolute Gasteiger partial charge is 0.0542 e. The van der Waals surface area contributed by atoms with E-state index in [1.54, 1.807) is 11.8 Å². The van der Waals surface area contributed by atoms with E-state index < -0.39 is 0 Å². The molecule has 1 rings (SSSR count). The summed E-state index contributed by atoms with van der Waals surface area (Å²) in [6.07, 6.45) is 0. The Kier molecular flexibility index (Phi) is 5.68. The SMILES string of the molecule is CC(CBr)CSc1cc(Cl)ccc1Cl. The molecule has 0 amide bonds. The molecule has 0 spiro atoms. The number of halogens is 3. The fourth-order valence-corrected chi connectivity index (χ4v) is 2.91. The lowest BCUT2D eigenvalue weighted by molar-refractivity contribution is 0.770. The molecule has 1 unspecified atom stereocenters. The first kappa shape index (κ1) is 12.7. The summed E-state index contributed by atoms with van der Waals surface area (Å²) in [5, 5.41) is 2.53. The van der Waals surface area contributed by atoms with Crippen LogP contribution >= 0.6 is 50.9 Å². The summed E-state index contributed by atoms with van der Waals surface area (Å²) in [7, 11) is 0. The van der Waals surface area contributed by atoms with Crippen molar-refractivity contribution < 1.29 is 0 Å². The lowest BCUT2D eigenvalue weighted by Crippen LogP contribution is -1.98. The van der Waals surface area contributed by atoms with Crippen molar-refractivity contribution in [1.82, 2.24) is 0 Å². The average Bonchev–Trinajstić information content (AvgIpc) is 2.19. The molecule has 78 valence electrons. The van der Waals surface area contributed by atoms with Crippen LogP contribution < -0.4 is 0 Å². The molecule has 0 saturated carbocycles. The van der Waals surface area contributed by atoms with E-state index in [-0.39, 0.29) is 0 Å². The van der Waals surface area contributed by atoms with Gasteiger partial charge < -0.3 is 0 Å². The van der Waals surface area contributed by atoms with E-state index in [2.05, 4.69) is 22.9 Å². The molecule has 14 heavy (non-hydrogen) atoms. The van der Waals surface area contributed by atoms with Gasteiger partial charge in [-0.1, -0.05) is 46.1 Å². The highest BCUT2D eigenvalue weighted by Crippen LogP contribution is 2.31. The van der Waals surface area contributed by atoms with E-state index in [9.17, 15) is 0 Å². The Bertz CT molecular complexity index is 304. The predicted molar refractivity (Wildman–Crippen MR) is 70.1 cm³/mol. The van der Waals surface area contributed by atoms with E-state index in [1.807, 2.05) is 18.2 Å². The standard InChI is InChI=1S/C10H11BrCl2S/c1-7(5-11)6-14-10-4-8(12)2-3-9(10)13/h2-4,7H,5-6H2,1H3. The van der Waals surface area contributed by atoms with Crippen LogP contribution in [0, 0.1) is 5.92 Å². The van der Waals surface area contributed by atoms with Gasteiger partial charge in [0.25, 0.3) is 0 Å². The molecule has 0 fully saturated rings. The van der Waals surface area contributed by atoms with E-state index in [1.165, 1.54) is 0 Å². The van der Waals surface area contributed by atoms with Crippen molar-refractivity contribution in [3.8, 4) is 0 Å². The second-order valence-electron chi connectivity index (χ2n) is 3.15. The average molecular weight is 314 g/mol. The zero-order valence-corrected chi connectivity index (χ0v) is 11.7. The zero-order valence-electron chi connectivity index (χ0n) is 7.77. The maximum Gasteiger partial charge on any atom is 0.0542 e. The van der Waals surface area contributed by atoms with Crippen molar-refractivity contribution >= 4 is 50.9 Å². The van der Waals surface area contributed by atoms with Gasteiger partial charge in [-0.25, -0.2) is 0 Å². The molecular formula is C10H11BrCl2S. The lowest BCUT2D eigenvalue weighted by Gasteiger charge is -2.08. The van der Waals surface area contributed by atoms with Crippen LogP contribution in [0.3, 0.4) is 0 Å². The van der Waals surface area contributed by atoms with Gasteiger partial charge in [-0.15, -0.1) is 11.8 Å². The van der Waals surface area contributed by atoms with Crippen molar-refractivity contribution in [2.24, 2.45) is 5.92 Å². The zero-order chi connectivity index (χ0) is 10.6. The van der Waals surface area contributed by atoms with Crippen LogP contribution in [0.15, 0.2) is 23.1 Å². The van der Waals surface area contributed by atoms with Crippen LogP contribution in [0.4, 0.5) is 0 Å². The van der Waals surface area contributed by atoms with E-state index >= 15 is 0 Å². The Morgan fingerprint density at radius 2 is 2.14 bits per heavy atom. The third kappa shape index (κ3) is 4.01. The number of hydrogen-bond donors (Lipinski definition) is 0. The summed E-state index contributed by atoms with van der Waals surface area (Å²) < 4.78 is 0. The molecule has 0 heterocycles. The van der Waals surface area contributed by atoms with Crippen molar-refractivity contribution in [3.63, 3.8) is 0 Å². The Hall–Kier alpha value is 0.630. The minimum Gasteiger partial charge on any atom is -0.124 e. The summed E-state index contributed by atoms with van der Waals surface area (Å²) in [6.45, 7) is 2.19. The van der Waals surface area contributed by atoms with Gasteiger partial charge in [0, 0.05) is 21.0 Å². The summed E-state index contributed by atoms with van der Waals surface area (Å²) in [6, 6.07) is 5.56. The fraction of sp³-hybridized carbons (Fsp3) is 0.400. The van der Waals surface area contributed by atoms with Gasteiger partial charge in [-0.3, -0.25) is 0 Å². The third-order valence-electron chi connectivity index (χ3n) is 1.68. The van der Waals surface area contributed by atoms with Gasteiger partial charge in [0.15, 0.2) is 0 Å². The Morgan fingerprint density at radius 1 is 1.43 bits per heavy atom. The highest BCUT2D eigenvalue weighted by molar-refractivity contribution is 9.09. The summed E-state index contributed by atoms with van der Waals surface area (Å²) >= 11 is 17.1. The van der Waals surface area contributed by atoms with Gasteiger partial charge in [0.1, 0.15) is 0 Å². The first-order valence-electron chi connectivity index (χ1n) is 4.27. The van der Waals surface area contributed by atoms with Crippen LogP contribution in [-0.2, 0) is 0 Å². The number of benzene rings is 1. The van der Waals surface area contributed by atoms with Crippen molar-refractivity contribution in [2.45, 2.75) is 11.8 Å². The quantitative estimate of drug-likeness (QED) is 0.549. The van der Waals surface area contributed by atoms with Gasteiger partial charge in [-0.05, 0) is 24.1 Å². The molecule has 4 heteroatoms. The Balaban J connectivity index is 2.62. The minimum absolute atomic E-state index is 0.634. The number of rotatable bonds is 4. The maximum absolute atomic E-state index is 6.03. The highest BCUT2D eigenvalue weighted by atomic mass is 79.9. The molecule has 0 N–H and O–H groups in total. The number of thioether (sulfide) groups is 1. The van der Waals surface area contributed by atoms with Crippen LogP contribution in [0.1, 0.15) is 6.92 Å². The van der Waals surface area contributed by atoms with Crippen molar-refractivity contribution in [2.75, 3.05) is 11.1 Å². The third-order valence-corrected chi connectivity index (χ3v) is 4.85. The van der Waals surface area contributed by atoms with Gasteiger partial charge >= 0.3 is 0 Å². The lowest BCUT2D eigenvalue weighted by atomic mass is 10.3. The monoisotopic (exact) mass is 312 g/mol. The molecule has 0 nitrogen and oxygen atoms in total. The van der Waals surface area contributed by atoms with Gasteiger partial charge in [-0.2, -0.15) is 0 Å². The maximum atomic E-state index is 6.03. The molecule has 0 aliphatic rings. The molecule has 1 aromatic rings. The second-order valence-corrected chi connectivity index (χ2v) is 5.70. The molecule has 0 aliphatic heterocycles. The second kappa shape index (κ2) is 6.26. The van der Waals surface area contributed by atoms with Gasteiger partial charge in [0.2, 0.25) is 0 Å². The van der Waals surface area contributed by atoms with Gasteiger partial charge in [0.05, 0.1) is 5.02 Å². The molecule has 0 radical (unpaired) electrons. The largest absolute Gasteiger partial charge is 0.124 e. The van der Waals surface area contributed by atoms with Crippen LogP contribution in [0.5, 0.6) is 0 Å². The van der Waals surface area contributed by atoms with E-state index in [4.69, 9.17) is 23.2 Å². The van der Waals surface area contributed by atoms with Crippen LogP contribution in [-0.4, -0.2) is 11.1 Å². The molecular weight excluding hydrogens is 303 g/mol. The molecule has 0 saturated heterocycles. The Morgan fingerprint density at radius 3 is 2.79 bits per heavy atom. The fourth-order valence-electron chi connectivity index (χ4n) is 0.864. The molecule has 1 aromatic carbocycles. The molecule has 0 aromatic heterocycles. The summed E-state index contributed by atoms with van der Waals surface area (Å²) in [5.74, 6) is 1.68. The summed E-state index contributed by atoms with van der Waals surface area (Å²) in [5.41, 5.74) is 0. The molecule has 0 bridgehead atoms. The minimum atomic E-state index is 0.634. The Labute approximate surface area is 107 Å². The number of alkyl halides is 1. The first-order valence-corrected chi connectivity index (χ1v) is 7.13. The van der Waals surface area contributed by atoms with E-state index in [0.29, 0.717) is 5.92 Å².